The van der Waals surface area contributed by atoms with E-state index in [1.54, 1.807) is 0 Å². The Morgan fingerprint density at radius 2 is 2.33 bits per heavy atom. The van der Waals surface area contributed by atoms with Gasteiger partial charge in [0, 0.05) is 17.7 Å². The van der Waals surface area contributed by atoms with Crippen molar-refractivity contribution in [1.29, 1.82) is 0 Å². The Balaban J connectivity index is 2.45. The molecule has 15 heavy (non-hydrogen) atoms. The molecular weight excluding hydrogens is 200 g/mol. The number of ether oxygens (including phenoxy) is 1. The minimum Gasteiger partial charge on any atom is -0.490 e. The topological polar surface area (TPSA) is 98.6 Å². The van der Waals surface area contributed by atoms with Crippen LogP contribution in [-0.2, 0) is 0 Å². The zero-order valence-corrected chi connectivity index (χ0v) is 7.79. The number of nitro benzene ring substituents is 1. The molecule has 0 amide bonds. The van der Waals surface area contributed by atoms with Crippen molar-refractivity contribution in [2.24, 2.45) is 5.73 Å². The third-order valence-corrected chi connectivity index (χ3v) is 2.39. The maximum Gasteiger partial charge on any atom is 0.270 e. The summed E-state index contributed by atoms with van der Waals surface area (Å²) >= 11 is 0. The molecule has 6 heteroatoms. The van der Waals surface area contributed by atoms with Gasteiger partial charge >= 0.3 is 0 Å². The van der Waals surface area contributed by atoms with Crippen LogP contribution in [0.3, 0.4) is 0 Å². The monoisotopic (exact) mass is 210 g/mol. The number of aliphatic hydroxyl groups excluding tert-OH is 1. The van der Waals surface area contributed by atoms with E-state index in [4.69, 9.17) is 10.5 Å². The Bertz CT molecular complexity index is 407. The molecular formula is C9H10N2O4. The summed E-state index contributed by atoms with van der Waals surface area (Å²) in [7, 11) is 0. The standard InChI is InChI=1S/C9H10N2O4/c10-9-6-3-5(11(13)14)1-2-8(6)15-4-7(9)12/h1-3,7,9,12H,4,10H2. The molecule has 2 unspecified atom stereocenters. The van der Waals surface area contributed by atoms with Crippen molar-refractivity contribution in [2.45, 2.75) is 12.1 Å². The van der Waals surface area contributed by atoms with Gasteiger partial charge in [0.1, 0.15) is 18.5 Å². The predicted octanol–water partition coefficient (Wildman–Crippen LogP) is 0.348. The van der Waals surface area contributed by atoms with Crippen LogP contribution < -0.4 is 10.5 Å². The molecule has 6 nitrogen and oxygen atoms in total. The van der Waals surface area contributed by atoms with Gasteiger partial charge in [-0.1, -0.05) is 0 Å². The number of hydrogen-bond donors (Lipinski definition) is 2. The molecule has 80 valence electrons. The molecule has 3 N–H and O–H groups in total. The van der Waals surface area contributed by atoms with Crippen LogP contribution in [0.25, 0.3) is 0 Å². The van der Waals surface area contributed by atoms with E-state index in [0.29, 0.717) is 11.3 Å². The van der Waals surface area contributed by atoms with Gasteiger partial charge in [0.25, 0.3) is 5.69 Å². The van der Waals surface area contributed by atoms with Gasteiger partial charge in [-0.2, -0.15) is 0 Å². The van der Waals surface area contributed by atoms with Crippen LogP contribution in [-0.4, -0.2) is 22.7 Å². The smallest absolute Gasteiger partial charge is 0.270 e. The second kappa shape index (κ2) is 3.48. The predicted molar refractivity (Wildman–Crippen MR) is 51.5 cm³/mol. The van der Waals surface area contributed by atoms with E-state index in [2.05, 4.69) is 0 Å². The minimum absolute atomic E-state index is 0.0538. The third-order valence-electron chi connectivity index (χ3n) is 2.39. The van der Waals surface area contributed by atoms with Gasteiger partial charge in [0.15, 0.2) is 0 Å². The SMILES string of the molecule is NC1c2cc([N+](=O)[O-])ccc2OCC1O. The minimum atomic E-state index is -0.820. The van der Waals surface area contributed by atoms with Crippen LogP contribution in [0, 0.1) is 10.1 Å². The summed E-state index contributed by atoms with van der Waals surface area (Å²) < 4.78 is 5.19. The van der Waals surface area contributed by atoms with Crippen molar-refractivity contribution in [3.05, 3.63) is 33.9 Å². The fourth-order valence-electron chi connectivity index (χ4n) is 1.53. The summed E-state index contributed by atoms with van der Waals surface area (Å²) in [6, 6.07) is 3.55. The summed E-state index contributed by atoms with van der Waals surface area (Å²) in [5.74, 6) is 0.499. The summed E-state index contributed by atoms with van der Waals surface area (Å²) in [5.41, 5.74) is 6.13. The first kappa shape index (κ1) is 9.88. The average Bonchev–Trinajstić information content (AvgIpc) is 2.23. The number of nitrogens with two attached hydrogens (primary N) is 1. The lowest BCUT2D eigenvalue weighted by molar-refractivity contribution is -0.385. The normalized spacial score (nSPS) is 24.1. The van der Waals surface area contributed by atoms with Crippen molar-refractivity contribution in [2.75, 3.05) is 6.61 Å². The number of hydrogen-bond acceptors (Lipinski definition) is 5. The summed E-state index contributed by atoms with van der Waals surface area (Å²) in [6.45, 7) is 0.117. The van der Waals surface area contributed by atoms with E-state index in [9.17, 15) is 15.2 Å². The van der Waals surface area contributed by atoms with Gasteiger partial charge < -0.3 is 15.6 Å². The summed E-state index contributed by atoms with van der Waals surface area (Å²) in [6.07, 6.45) is -0.820. The van der Waals surface area contributed by atoms with E-state index in [1.165, 1.54) is 18.2 Å². The van der Waals surface area contributed by atoms with Gasteiger partial charge in [-0.15, -0.1) is 0 Å². The molecule has 1 aromatic rings. The molecule has 0 saturated carbocycles. The fourth-order valence-corrected chi connectivity index (χ4v) is 1.53. The second-order valence-corrected chi connectivity index (χ2v) is 3.38. The first-order chi connectivity index (χ1) is 7.09. The van der Waals surface area contributed by atoms with Gasteiger partial charge in [-0.05, 0) is 6.07 Å². The number of nitro groups is 1. The molecule has 0 bridgehead atoms. The number of fused-ring (bicyclic) bond motifs is 1. The highest BCUT2D eigenvalue weighted by atomic mass is 16.6. The van der Waals surface area contributed by atoms with Crippen LogP contribution >= 0.6 is 0 Å². The van der Waals surface area contributed by atoms with Crippen molar-refractivity contribution in [3.8, 4) is 5.75 Å². The maximum atomic E-state index is 10.5. The molecule has 0 aromatic heterocycles. The first-order valence-electron chi connectivity index (χ1n) is 4.44. The number of non-ortho nitro benzene ring substituents is 1. The van der Waals surface area contributed by atoms with E-state index >= 15 is 0 Å². The fraction of sp³-hybridized carbons (Fsp3) is 0.333. The van der Waals surface area contributed by atoms with Crippen molar-refractivity contribution < 1.29 is 14.8 Å². The van der Waals surface area contributed by atoms with Crippen LogP contribution in [0.4, 0.5) is 5.69 Å². The lowest BCUT2D eigenvalue weighted by atomic mass is 9.99. The average molecular weight is 210 g/mol. The molecule has 0 radical (unpaired) electrons. The highest BCUT2D eigenvalue weighted by molar-refractivity contribution is 5.46. The molecule has 1 aromatic carbocycles. The van der Waals surface area contributed by atoms with Gasteiger partial charge in [0.2, 0.25) is 0 Å². The molecule has 0 fully saturated rings. The van der Waals surface area contributed by atoms with Gasteiger partial charge in [0.05, 0.1) is 11.0 Å². The Morgan fingerprint density at radius 1 is 1.60 bits per heavy atom. The molecule has 1 aliphatic heterocycles. The Hall–Kier alpha value is -1.66. The van der Waals surface area contributed by atoms with Crippen LogP contribution in [0.2, 0.25) is 0 Å². The van der Waals surface area contributed by atoms with Crippen LogP contribution in [0.15, 0.2) is 18.2 Å². The van der Waals surface area contributed by atoms with E-state index < -0.39 is 17.1 Å². The van der Waals surface area contributed by atoms with E-state index in [-0.39, 0.29) is 12.3 Å². The van der Waals surface area contributed by atoms with Crippen molar-refractivity contribution in [3.63, 3.8) is 0 Å². The van der Waals surface area contributed by atoms with Gasteiger partial charge in [-0.25, -0.2) is 0 Å². The highest BCUT2D eigenvalue weighted by Gasteiger charge is 2.27. The third kappa shape index (κ3) is 1.64. The van der Waals surface area contributed by atoms with Crippen molar-refractivity contribution >= 4 is 5.69 Å². The highest BCUT2D eigenvalue weighted by Crippen LogP contribution is 2.33. The Morgan fingerprint density at radius 3 is 3.00 bits per heavy atom. The first-order valence-corrected chi connectivity index (χ1v) is 4.44. The zero-order chi connectivity index (χ0) is 11.0. The molecule has 0 saturated heterocycles. The largest absolute Gasteiger partial charge is 0.490 e. The van der Waals surface area contributed by atoms with Crippen LogP contribution in [0.5, 0.6) is 5.75 Å². The Kier molecular flexibility index (Phi) is 2.29. The van der Waals surface area contributed by atoms with Gasteiger partial charge in [-0.3, -0.25) is 10.1 Å². The second-order valence-electron chi connectivity index (χ2n) is 3.38. The number of nitrogens with zero attached hydrogens (tertiary/aromatic N) is 1. The lowest BCUT2D eigenvalue weighted by Gasteiger charge is -2.27. The van der Waals surface area contributed by atoms with E-state index in [0.717, 1.165) is 0 Å². The Labute approximate surface area is 85.4 Å². The molecule has 0 aliphatic carbocycles. The van der Waals surface area contributed by atoms with Crippen LogP contribution in [0.1, 0.15) is 11.6 Å². The molecule has 2 atom stereocenters. The molecule has 1 heterocycles. The number of benzene rings is 1. The quantitative estimate of drug-likeness (QED) is 0.514. The molecule has 2 rings (SSSR count). The van der Waals surface area contributed by atoms with Crippen molar-refractivity contribution in [1.82, 2.24) is 0 Å². The molecule has 1 aliphatic rings. The molecule has 0 spiro atoms. The lowest BCUT2D eigenvalue weighted by Crippen LogP contribution is -2.35. The summed E-state index contributed by atoms with van der Waals surface area (Å²) in [5, 5.41) is 20.0. The maximum absolute atomic E-state index is 10.5. The van der Waals surface area contributed by atoms with E-state index in [1.807, 2.05) is 0 Å². The number of rotatable bonds is 1. The number of aliphatic hydroxyl groups is 1. The zero-order valence-electron chi connectivity index (χ0n) is 7.79. The summed E-state index contributed by atoms with van der Waals surface area (Å²) in [4.78, 5) is 10.0.